The van der Waals surface area contributed by atoms with Crippen LogP contribution in [-0.2, 0) is 0 Å². The summed E-state index contributed by atoms with van der Waals surface area (Å²) in [6, 6.07) is 10.2. The normalized spacial score (nSPS) is 10.1. The van der Waals surface area contributed by atoms with E-state index in [-0.39, 0.29) is 15.7 Å². The van der Waals surface area contributed by atoms with Gasteiger partial charge in [0, 0.05) is 4.47 Å². The molecule has 0 spiro atoms. The van der Waals surface area contributed by atoms with Crippen molar-refractivity contribution in [1.82, 2.24) is 0 Å². The number of hydrogen-bond donors (Lipinski definition) is 1. The minimum absolute atomic E-state index is 0.133. The van der Waals surface area contributed by atoms with E-state index in [1.54, 1.807) is 18.2 Å². The Bertz CT molecular complexity index is 683. The predicted molar refractivity (Wildman–Crippen MR) is 81.2 cm³/mol. The van der Waals surface area contributed by atoms with Gasteiger partial charge in [0.15, 0.2) is 5.82 Å². The summed E-state index contributed by atoms with van der Waals surface area (Å²) in [5.74, 6) is -0.530. The Hall–Kier alpha value is -1.09. The second kappa shape index (κ2) is 5.91. The van der Waals surface area contributed by atoms with Gasteiger partial charge < -0.3 is 5.32 Å². The topological polar surface area (TPSA) is 35.8 Å². The van der Waals surface area contributed by atoms with Crippen molar-refractivity contribution >= 4 is 54.8 Å². The molecule has 0 aromatic heterocycles. The summed E-state index contributed by atoms with van der Waals surface area (Å²) in [7, 11) is 0. The van der Waals surface area contributed by atoms with Crippen LogP contribution in [0.25, 0.3) is 0 Å². The Morgan fingerprint density at radius 1 is 1.16 bits per heavy atom. The van der Waals surface area contributed by atoms with Crippen LogP contribution in [0.1, 0.15) is 5.56 Å². The van der Waals surface area contributed by atoms with Gasteiger partial charge in [0.25, 0.3) is 0 Å². The number of nitriles is 1. The largest absolute Gasteiger partial charge is 0.352 e. The van der Waals surface area contributed by atoms with Gasteiger partial charge in [-0.25, -0.2) is 4.39 Å². The molecule has 0 aliphatic heterocycles. The number of rotatable bonds is 2. The van der Waals surface area contributed by atoms with Crippen LogP contribution in [0, 0.1) is 17.1 Å². The van der Waals surface area contributed by atoms with E-state index in [9.17, 15) is 4.39 Å². The highest BCUT2D eigenvalue weighted by atomic mass is 79.9. The Morgan fingerprint density at radius 3 is 2.47 bits per heavy atom. The maximum atomic E-state index is 14.0. The number of nitrogens with zero attached hydrogens (tertiary/aromatic N) is 1. The number of nitrogens with one attached hydrogen (secondary N) is 1. The van der Waals surface area contributed by atoms with E-state index in [1.165, 1.54) is 12.1 Å². The summed E-state index contributed by atoms with van der Waals surface area (Å²) in [5, 5.41) is 12.2. The van der Waals surface area contributed by atoms with E-state index < -0.39 is 5.82 Å². The van der Waals surface area contributed by atoms with E-state index in [4.69, 9.17) is 16.9 Å². The molecule has 0 bridgehead atoms. The van der Waals surface area contributed by atoms with Crippen molar-refractivity contribution in [2.24, 2.45) is 0 Å². The van der Waals surface area contributed by atoms with E-state index in [1.807, 2.05) is 6.07 Å². The van der Waals surface area contributed by atoms with E-state index in [0.29, 0.717) is 10.7 Å². The fourth-order valence-corrected chi connectivity index (χ4v) is 2.62. The van der Waals surface area contributed by atoms with Gasteiger partial charge in [-0.2, -0.15) is 5.26 Å². The van der Waals surface area contributed by atoms with Gasteiger partial charge in [-0.05, 0) is 46.3 Å². The molecular weight excluding hydrogens is 398 g/mol. The molecule has 0 aliphatic rings. The zero-order valence-corrected chi connectivity index (χ0v) is 13.3. The summed E-state index contributed by atoms with van der Waals surface area (Å²) in [6.45, 7) is 0. The first-order valence-electron chi connectivity index (χ1n) is 5.13. The van der Waals surface area contributed by atoms with Crippen LogP contribution < -0.4 is 5.32 Å². The first-order chi connectivity index (χ1) is 9.02. The highest BCUT2D eigenvalue weighted by Crippen LogP contribution is 2.32. The smallest absolute Gasteiger partial charge is 0.162 e. The van der Waals surface area contributed by atoms with Gasteiger partial charge in [0.1, 0.15) is 6.07 Å². The van der Waals surface area contributed by atoms with Crippen molar-refractivity contribution in [3.05, 3.63) is 55.7 Å². The molecule has 0 amide bonds. The van der Waals surface area contributed by atoms with Gasteiger partial charge in [0.2, 0.25) is 0 Å². The third-order valence-electron chi connectivity index (χ3n) is 2.40. The summed E-state index contributed by atoms with van der Waals surface area (Å²) in [5.41, 5.74) is 1.07. The van der Waals surface area contributed by atoms with Crippen LogP contribution >= 0.6 is 43.5 Å². The number of benzene rings is 2. The lowest BCUT2D eigenvalue weighted by Gasteiger charge is -2.11. The Balaban J connectivity index is 2.39. The molecule has 0 saturated heterocycles. The fourth-order valence-electron chi connectivity index (χ4n) is 1.47. The molecule has 0 unspecified atom stereocenters. The van der Waals surface area contributed by atoms with Crippen molar-refractivity contribution in [2.75, 3.05) is 5.32 Å². The molecule has 2 rings (SSSR count). The third kappa shape index (κ3) is 3.08. The zero-order valence-electron chi connectivity index (χ0n) is 9.35. The monoisotopic (exact) mass is 402 g/mol. The van der Waals surface area contributed by atoms with Gasteiger partial charge in [-0.1, -0.05) is 27.5 Å². The second-order valence-corrected chi connectivity index (χ2v) is 5.77. The Labute approximate surface area is 131 Å². The quantitative estimate of drug-likeness (QED) is 0.705. The summed E-state index contributed by atoms with van der Waals surface area (Å²) in [4.78, 5) is 0. The molecule has 2 aromatic carbocycles. The molecule has 0 aliphatic carbocycles. The van der Waals surface area contributed by atoms with Crippen molar-refractivity contribution in [3.63, 3.8) is 0 Å². The van der Waals surface area contributed by atoms with E-state index in [0.717, 1.165) is 4.47 Å². The average molecular weight is 404 g/mol. The number of anilines is 2. The fraction of sp³-hybridized carbons (Fsp3) is 0. The molecule has 0 saturated carbocycles. The number of halogens is 4. The molecule has 96 valence electrons. The predicted octanol–water partition coefficient (Wildman–Crippen LogP) is 5.62. The maximum absolute atomic E-state index is 14.0. The van der Waals surface area contributed by atoms with Crippen molar-refractivity contribution < 1.29 is 4.39 Å². The molecular formula is C13H6Br2ClFN2. The highest BCUT2D eigenvalue weighted by Gasteiger charge is 2.12. The first kappa shape index (κ1) is 14.3. The van der Waals surface area contributed by atoms with Crippen LogP contribution in [0.3, 0.4) is 0 Å². The van der Waals surface area contributed by atoms with Gasteiger partial charge in [0.05, 0.1) is 26.4 Å². The second-order valence-electron chi connectivity index (χ2n) is 3.65. The zero-order chi connectivity index (χ0) is 14.0. The maximum Gasteiger partial charge on any atom is 0.162 e. The van der Waals surface area contributed by atoms with Crippen molar-refractivity contribution in [2.45, 2.75) is 0 Å². The van der Waals surface area contributed by atoms with Gasteiger partial charge in [-0.3, -0.25) is 0 Å². The summed E-state index contributed by atoms with van der Waals surface area (Å²) >= 11 is 12.4. The first-order valence-corrected chi connectivity index (χ1v) is 7.09. The highest BCUT2D eigenvalue weighted by molar-refractivity contribution is 9.10. The molecule has 6 heteroatoms. The van der Waals surface area contributed by atoms with Crippen LogP contribution in [0.2, 0.25) is 5.02 Å². The van der Waals surface area contributed by atoms with E-state index >= 15 is 0 Å². The van der Waals surface area contributed by atoms with Crippen molar-refractivity contribution in [3.8, 4) is 6.07 Å². The van der Waals surface area contributed by atoms with Crippen molar-refractivity contribution in [1.29, 1.82) is 5.26 Å². The average Bonchev–Trinajstić information content (AvgIpc) is 2.38. The lowest BCUT2D eigenvalue weighted by atomic mass is 10.2. The van der Waals surface area contributed by atoms with Crippen LogP contribution in [0.4, 0.5) is 15.8 Å². The summed E-state index contributed by atoms with van der Waals surface area (Å²) < 4.78 is 15.0. The Morgan fingerprint density at radius 2 is 1.84 bits per heavy atom. The minimum atomic E-state index is -0.530. The van der Waals surface area contributed by atoms with Crippen LogP contribution in [0.5, 0.6) is 0 Å². The molecule has 0 heterocycles. The van der Waals surface area contributed by atoms with E-state index in [2.05, 4.69) is 37.2 Å². The van der Waals surface area contributed by atoms with Crippen LogP contribution in [-0.4, -0.2) is 0 Å². The number of hydrogen-bond acceptors (Lipinski definition) is 2. The lowest BCUT2D eigenvalue weighted by molar-refractivity contribution is 0.624. The molecule has 19 heavy (non-hydrogen) atoms. The molecule has 0 atom stereocenters. The molecule has 0 radical (unpaired) electrons. The standard InChI is InChI=1S/C13H6Br2ClFN2/c14-8-2-4-10(9(16)5-8)19-11-3-1-7(6-18)12(15)13(11)17/h1-5,19H. The molecule has 2 aromatic rings. The third-order valence-corrected chi connectivity index (χ3v) is 3.98. The molecule has 0 fully saturated rings. The van der Waals surface area contributed by atoms with Gasteiger partial charge >= 0.3 is 0 Å². The molecule has 2 nitrogen and oxygen atoms in total. The SMILES string of the molecule is N#Cc1ccc(Nc2ccc(Br)cc2Cl)c(F)c1Br. The summed E-state index contributed by atoms with van der Waals surface area (Å²) in [6.07, 6.45) is 0. The lowest BCUT2D eigenvalue weighted by Crippen LogP contribution is -1.96. The Kier molecular flexibility index (Phi) is 4.46. The molecule has 1 N–H and O–H groups in total. The minimum Gasteiger partial charge on any atom is -0.352 e. The van der Waals surface area contributed by atoms with Crippen LogP contribution in [0.15, 0.2) is 39.3 Å². The van der Waals surface area contributed by atoms with Gasteiger partial charge in [-0.15, -0.1) is 0 Å².